The van der Waals surface area contributed by atoms with E-state index < -0.39 is 11.7 Å². The van der Waals surface area contributed by atoms with Crippen molar-refractivity contribution >= 4 is 11.6 Å². The zero-order chi connectivity index (χ0) is 16.8. The average Bonchev–Trinajstić information content (AvgIpc) is 2.63. The Morgan fingerprint density at radius 3 is 2.38 bits per heavy atom. The van der Waals surface area contributed by atoms with Crippen molar-refractivity contribution in [2.45, 2.75) is 0 Å². The summed E-state index contributed by atoms with van der Waals surface area (Å²) in [5.74, 6) is -0.960. The summed E-state index contributed by atoms with van der Waals surface area (Å²) in [6.45, 7) is 0. The van der Waals surface area contributed by atoms with Crippen LogP contribution < -0.4 is 5.43 Å². The Labute approximate surface area is 138 Å². The Kier molecular flexibility index (Phi) is 4.72. The molecule has 0 aliphatic carbocycles. The Bertz CT molecular complexity index is 823. The summed E-state index contributed by atoms with van der Waals surface area (Å²) in [5.41, 5.74) is 4.64. The third-order valence-electron chi connectivity index (χ3n) is 3.31. The van der Waals surface area contributed by atoms with Gasteiger partial charge in [0, 0.05) is 17.3 Å². The molecule has 1 aromatic heterocycles. The van der Waals surface area contributed by atoms with Crippen LogP contribution in [0.3, 0.4) is 0 Å². The number of nitrogens with one attached hydrogen (secondary N) is 1. The van der Waals surface area contributed by atoms with Gasteiger partial charge in [-0.25, -0.2) is 9.82 Å². The number of pyridine rings is 1. The number of nitrogens with zero attached hydrogens (tertiary/aromatic N) is 2. The van der Waals surface area contributed by atoms with E-state index in [1.807, 2.05) is 36.4 Å². The van der Waals surface area contributed by atoms with Gasteiger partial charge in [0.25, 0.3) is 5.91 Å². The maximum atomic E-state index is 13.2. The molecule has 0 unspecified atom stereocenters. The molecule has 0 aliphatic heterocycles. The van der Waals surface area contributed by atoms with Gasteiger partial charge in [0.15, 0.2) is 0 Å². The summed E-state index contributed by atoms with van der Waals surface area (Å²) in [4.78, 5) is 16.4. The van der Waals surface area contributed by atoms with Gasteiger partial charge in [-0.15, -0.1) is 0 Å². The molecular weight excluding hydrogens is 305 g/mol. The second-order valence-electron chi connectivity index (χ2n) is 4.99. The van der Waals surface area contributed by atoms with E-state index in [-0.39, 0.29) is 5.56 Å². The summed E-state index contributed by atoms with van der Waals surface area (Å²) in [6.07, 6.45) is 1.65. The fourth-order valence-electron chi connectivity index (χ4n) is 2.17. The minimum absolute atomic E-state index is 0.201. The molecule has 2 aromatic carbocycles. The van der Waals surface area contributed by atoms with Crippen LogP contribution in [-0.2, 0) is 0 Å². The van der Waals surface area contributed by atoms with Gasteiger partial charge in [-0.05, 0) is 30.3 Å². The first-order chi connectivity index (χ1) is 11.7. The number of hydrogen-bond acceptors (Lipinski definition) is 3. The SMILES string of the molecule is O=C(NN=C(c1ccccc1)c1ccccn1)c1cccc(F)c1. The molecular formula is C19H14FN3O. The van der Waals surface area contributed by atoms with E-state index >= 15 is 0 Å². The van der Waals surface area contributed by atoms with Crippen LogP contribution in [0.1, 0.15) is 21.6 Å². The second kappa shape index (κ2) is 7.28. The molecule has 118 valence electrons. The van der Waals surface area contributed by atoms with E-state index in [0.717, 1.165) is 11.6 Å². The van der Waals surface area contributed by atoms with Crippen molar-refractivity contribution in [2.75, 3.05) is 0 Å². The number of aromatic nitrogens is 1. The van der Waals surface area contributed by atoms with Crippen molar-refractivity contribution in [3.8, 4) is 0 Å². The number of carbonyl (C=O) groups is 1. The quantitative estimate of drug-likeness (QED) is 0.592. The lowest BCUT2D eigenvalue weighted by Gasteiger charge is -2.07. The van der Waals surface area contributed by atoms with Gasteiger partial charge in [0.1, 0.15) is 11.5 Å². The molecule has 0 bridgehead atoms. The van der Waals surface area contributed by atoms with Gasteiger partial charge < -0.3 is 0 Å². The fourth-order valence-corrected chi connectivity index (χ4v) is 2.17. The molecule has 0 saturated carbocycles. The van der Waals surface area contributed by atoms with Crippen molar-refractivity contribution in [1.82, 2.24) is 10.4 Å². The standard InChI is InChI=1S/C19H14FN3O/c20-16-10-6-9-15(13-16)19(24)23-22-18(14-7-2-1-3-8-14)17-11-4-5-12-21-17/h1-13H,(H,23,24). The summed E-state index contributed by atoms with van der Waals surface area (Å²) in [6, 6.07) is 20.3. The third-order valence-corrected chi connectivity index (χ3v) is 3.31. The number of rotatable bonds is 4. The first-order valence-electron chi connectivity index (χ1n) is 7.34. The van der Waals surface area contributed by atoms with Crippen molar-refractivity contribution < 1.29 is 9.18 Å². The Morgan fingerprint density at radius 1 is 0.917 bits per heavy atom. The molecule has 1 N–H and O–H groups in total. The zero-order valence-electron chi connectivity index (χ0n) is 12.7. The number of halogens is 1. The molecule has 0 aliphatic rings. The molecule has 0 saturated heterocycles. The van der Waals surface area contributed by atoms with Crippen molar-refractivity contribution in [3.63, 3.8) is 0 Å². The highest BCUT2D eigenvalue weighted by Gasteiger charge is 2.10. The number of amides is 1. The molecule has 5 heteroatoms. The normalized spacial score (nSPS) is 11.1. The molecule has 1 amide bonds. The molecule has 3 aromatic rings. The maximum absolute atomic E-state index is 13.2. The lowest BCUT2D eigenvalue weighted by molar-refractivity contribution is 0.0954. The molecule has 0 atom stereocenters. The van der Waals surface area contributed by atoms with Gasteiger partial charge in [0.05, 0.1) is 5.69 Å². The molecule has 1 heterocycles. The lowest BCUT2D eigenvalue weighted by Crippen LogP contribution is -2.21. The predicted molar refractivity (Wildman–Crippen MR) is 90.2 cm³/mol. The van der Waals surface area contributed by atoms with Crippen LogP contribution in [-0.4, -0.2) is 16.6 Å². The van der Waals surface area contributed by atoms with Crippen LogP contribution in [0.15, 0.2) is 84.1 Å². The maximum Gasteiger partial charge on any atom is 0.271 e. The van der Waals surface area contributed by atoms with E-state index in [4.69, 9.17) is 0 Å². The van der Waals surface area contributed by atoms with E-state index in [0.29, 0.717) is 11.4 Å². The Hall–Kier alpha value is -3.34. The average molecular weight is 319 g/mol. The van der Waals surface area contributed by atoms with Gasteiger partial charge in [-0.3, -0.25) is 9.78 Å². The van der Waals surface area contributed by atoms with Crippen LogP contribution in [0.5, 0.6) is 0 Å². The highest BCUT2D eigenvalue weighted by molar-refractivity contribution is 6.12. The number of carbonyl (C=O) groups excluding carboxylic acids is 1. The summed E-state index contributed by atoms with van der Waals surface area (Å²) in [5, 5.41) is 4.20. The fraction of sp³-hybridized carbons (Fsp3) is 0. The lowest BCUT2D eigenvalue weighted by atomic mass is 10.1. The summed E-state index contributed by atoms with van der Waals surface area (Å²) >= 11 is 0. The van der Waals surface area contributed by atoms with E-state index in [1.54, 1.807) is 18.3 Å². The van der Waals surface area contributed by atoms with E-state index in [2.05, 4.69) is 15.5 Å². The van der Waals surface area contributed by atoms with Gasteiger partial charge >= 0.3 is 0 Å². The minimum Gasteiger partial charge on any atom is -0.267 e. The highest BCUT2D eigenvalue weighted by atomic mass is 19.1. The Balaban J connectivity index is 1.91. The van der Waals surface area contributed by atoms with Crippen LogP contribution in [0, 0.1) is 5.82 Å². The smallest absolute Gasteiger partial charge is 0.267 e. The molecule has 0 radical (unpaired) electrons. The largest absolute Gasteiger partial charge is 0.271 e. The van der Waals surface area contributed by atoms with Gasteiger partial charge in [-0.1, -0.05) is 42.5 Å². The van der Waals surface area contributed by atoms with Crippen LogP contribution >= 0.6 is 0 Å². The van der Waals surface area contributed by atoms with E-state index in [9.17, 15) is 9.18 Å². The first kappa shape index (κ1) is 15.6. The van der Waals surface area contributed by atoms with E-state index in [1.165, 1.54) is 18.2 Å². The summed E-state index contributed by atoms with van der Waals surface area (Å²) < 4.78 is 13.2. The topological polar surface area (TPSA) is 54.4 Å². The number of hydrazone groups is 1. The number of benzene rings is 2. The zero-order valence-corrected chi connectivity index (χ0v) is 12.7. The van der Waals surface area contributed by atoms with Crippen molar-refractivity contribution in [1.29, 1.82) is 0 Å². The second-order valence-corrected chi connectivity index (χ2v) is 4.99. The number of hydrogen-bond donors (Lipinski definition) is 1. The van der Waals surface area contributed by atoms with Gasteiger partial charge in [-0.2, -0.15) is 5.10 Å². The third kappa shape index (κ3) is 3.70. The Morgan fingerprint density at radius 2 is 1.67 bits per heavy atom. The first-order valence-corrected chi connectivity index (χ1v) is 7.34. The van der Waals surface area contributed by atoms with Crippen LogP contribution in [0.4, 0.5) is 4.39 Å². The predicted octanol–water partition coefficient (Wildman–Crippen LogP) is 3.40. The monoisotopic (exact) mass is 319 g/mol. The van der Waals surface area contributed by atoms with Crippen LogP contribution in [0.25, 0.3) is 0 Å². The van der Waals surface area contributed by atoms with Crippen molar-refractivity contribution in [2.24, 2.45) is 5.10 Å². The molecule has 0 fully saturated rings. The highest BCUT2D eigenvalue weighted by Crippen LogP contribution is 2.09. The summed E-state index contributed by atoms with van der Waals surface area (Å²) in [7, 11) is 0. The van der Waals surface area contributed by atoms with Crippen LogP contribution in [0.2, 0.25) is 0 Å². The minimum atomic E-state index is -0.487. The van der Waals surface area contributed by atoms with Gasteiger partial charge in [0.2, 0.25) is 0 Å². The molecule has 24 heavy (non-hydrogen) atoms. The molecule has 4 nitrogen and oxygen atoms in total. The molecule has 3 rings (SSSR count). The molecule has 0 spiro atoms. The van der Waals surface area contributed by atoms with Crippen molar-refractivity contribution in [3.05, 3.63) is 102 Å².